The van der Waals surface area contributed by atoms with Gasteiger partial charge < -0.3 is 14.7 Å². The lowest BCUT2D eigenvalue weighted by Crippen LogP contribution is -2.42. The predicted molar refractivity (Wildman–Crippen MR) is 136 cm³/mol. The number of likely N-dealkylation sites (N-methyl/N-ethyl adjacent to an activating group) is 1. The van der Waals surface area contributed by atoms with Crippen molar-refractivity contribution in [3.63, 3.8) is 0 Å². The fraction of sp³-hybridized carbons (Fsp3) is 0.533. The van der Waals surface area contributed by atoms with Gasteiger partial charge in [-0.25, -0.2) is 0 Å². The Kier molecular flexibility index (Phi) is 6.37. The van der Waals surface area contributed by atoms with Gasteiger partial charge in [0.2, 0.25) is 0 Å². The first-order chi connectivity index (χ1) is 16.0. The van der Waals surface area contributed by atoms with Crippen LogP contribution in [0.5, 0.6) is 5.75 Å². The van der Waals surface area contributed by atoms with Crippen LogP contribution in [0.1, 0.15) is 69.1 Å². The first-order valence-corrected chi connectivity index (χ1v) is 13.0. The van der Waals surface area contributed by atoms with Crippen molar-refractivity contribution < 1.29 is 9.84 Å². The van der Waals surface area contributed by atoms with Crippen LogP contribution in [-0.2, 0) is 0 Å². The van der Waals surface area contributed by atoms with E-state index in [9.17, 15) is 5.11 Å². The number of ether oxygens (including phenoxy) is 1. The molecule has 3 nitrogen and oxygen atoms in total. The minimum atomic E-state index is -0.153. The number of benzene rings is 2. The van der Waals surface area contributed by atoms with Crippen molar-refractivity contribution in [1.82, 2.24) is 4.90 Å². The van der Waals surface area contributed by atoms with E-state index in [4.69, 9.17) is 4.74 Å². The molecule has 2 fully saturated rings. The van der Waals surface area contributed by atoms with Gasteiger partial charge >= 0.3 is 0 Å². The van der Waals surface area contributed by atoms with Gasteiger partial charge in [0.25, 0.3) is 0 Å². The quantitative estimate of drug-likeness (QED) is 0.557. The van der Waals surface area contributed by atoms with Gasteiger partial charge in [-0.1, -0.05) is 63.2 Å². The molecule has 3 heteroatoms. The summed E-state index contributed by atoms with van der Waals surface area (Å²) in [6, 6.07) is 17.6. The van der Waals surface area contributed by atoms with Crippen molar-refractivity contribution in [2.45, 2.75) is 58.5 Å². The summed E-state index contributed by atoms with van der Waals surface area (Å²) in [4.78, 5) is 2.40. The first kappa shape index (κ1) is 22.7. The number of hydrogen-bond donors (Lipinski definition) is 1. The van der Waals surface area contributed by atoms with E-state index in [2.05, 4.69) is 80.3 Å². The molecule has 0 radical (unpaired) electrons. The summed E-state index contributed by atoms with van der Waals surface area (Å²) in [6.45, 7) is 10.5. The molecule has 1 N–H and O–H groups in total. The average molecular weight is 446 g/mol. The topological polar surface area (TPSA) is 32.7 Å². The Morgan fingerprint density at radius 3 is 2.58 bits per heavy atom. The summed E-state index contributed by atoms with van der Waals surface area (Å²) >= 11 is 0. The molecule has 0 heterocycles. The number of nitrogens with zero attached hydrogens (tertiary/aromatic N) is 1. The van der Waals surface area contributed by atoms with Crippen LogP contribution in [0.3, 0.4) is 0 Å². The molecule has 33 heavy (non-hydrogen) atoms. The predicted octanol–water partition coefficient (Wildman–Crippen LogP) is 6.12. The molecule has 0 saturated heterocycles. The highest BCUT2D eigenvalue weighted by atomic mass is 16.5. The maximum atomic E-state index is 10.8. The van der Waals surface area contributed by atoms with Crippen LogP contribution in [0.4, 0.5) is 0 Å². The standard InChI is InChI=1S/C30H39NO2/c1-4-31(5-2)17-18-33-22-11-12-23-24-15-16-30(3)28(13-14-29(30)32)27(24)20-25(26(23)19-22)21-9-7-6-8-10-21/h6-12,19-20,24,27-29,32H,4-5,13-18H2,1-3H3/t24-,27-,28+,29+,30+/m1/s1. The fourth-order valence-electron chi connectivity index (χ4n) is 6.93. The maximum Gasteiger partial charge on any atom is 0.120 e. The Hall–Kier alpha value is -2.10. The molecule has 5 atom stereocenters. The number of fused-ring (bicyclic) bond motifs is 5. The zero-order valence-electron chi connectivity index (χ0n) is 20.5. The normalized spacial score (nSPS) is 30.4. The van der Waals surface area contributed by atoms with Crippen molar-refractivity contribution in [2.75, 3.05) is 26.2 Å². The van der Waals surface area contributed by atoms with Crippen LogP contribution in [-0.4, -0.2) is 42.4 Å². The summed E-state index contributed by atoms with van der Waals surface area (Å²) in [6.07, 6.45) is 6.77. The van der Waals surface area contributed by atoms with Gasteiger partial charge in [0, 0.05) is 6.54 Å². The molecule has 3 aliphatic rings. The van der Waals surface area contributed by atoms with Gasteiger partial charge in [0.1, 0.15) is 12.4 Å². The summed E-state index contributed by atoms with van der Waals surface area (Å²) in [5, 5.41) is 10.8. The van der Waals surface area contributed by atoms with Crippen molar-refractivity contribution in [3.05, 3.63) is 71.3 Å². The van der Waals surface area contributed by atoms with Crippen LogP contribution in [0, 0.1) is 17.3 Å². The second-order valence-electron chi connectivity index (χ2n) is 10.5. The van der Waals surface area contributed by atoms with E-state index in [1.165, 1.54) is 22.3 Å². The first-order valence-electron chi connectivity index (χ1n) is 13.0. The third-order valence-corrected chi connectivity index (χ3v) is 9.01. The molecular weight excluding hydrogens is 406 g/mol. The number of rotatable bonds is 7. The van der Waals surface area contributed by atoms with E-state index in [0.29, 0.717) is 17.8 Å². The van der Waals surface area contributed by atoms with Crippen molar-refractivity contribution in [1.29, 1.82) is 0 Å². The smallest absolute Gasteiger partial charge is 0.120 e. The minimum Gasteiger partial charge on any atom is -0.492 e. The SMILES string of the molecule is CCN(CC)CCOc1ccc2c(c1)C(c1ccccc1)=C[C@@H]1[C@@H]2CC[C@]2(C)[C@@H](O)CC[C@@H]12. The van der Waals surface area contributed by atoms with E-state index >= 15 is 0 Å². The molecule has 2 saturated carbocycles. The summed E-state index contributed by atoms with van der Waals surface area (Å²) in [5.74, 6) is 2.57. The molecule has 176 valence electrons. The summed E-state index contributed by atoms with van der Waals surface area (Å²) in [5.41, 5.74) is 5.49. The Balaban J connectivity index is 1.49. The molecule has 5 rings (SSSR count). The Morgan fingerprint density at radius 1 is 1.03 bits per heavy atom. The number of aliphatic hydroxyl groups excluding tert-OH is 1. The zero-order valence-corrected chi connectivity index (χ0v) is 20.5. The van der Waals surface area contributed by atoms with E-state index < -0.39 is 0 Å². The number of aliphatic hydroxyl groups is 1. The molecule has 0 amide bonds. The number of hydrogen-bond acceptors (Lipinski definition) is 3. The summed E-state index contributed by atoms with van der Waals surface area (Å²) < 4.78 is 6.22. The van der Waals surface area contributed by atoms with Crippen molar-refractivity contribution >= 4 is 5.57 Å². The van der Waals surface area contributed by atoms with Crippen LogP contribution in [0.25, 0.3) is 5.57 Å². The van der Waals surface area contributed by atoms with E-state index in [0.717, 1.165) is 57.7 Å². The van der Waals surface area contributed by atoms with Gasteiger partial charge in [-0.05, 0) is 96.3 Å². The molecule has 2 aromatic rings. The molecule has 0 bridgehead atoms. The third kappa shape index (κ3) is 4.04. The van der Waals surface area contributed by atoms with E-state index in [1.807, 2.05) is 0 Å². The second kappa shape index (κ2) is 9.27. The van der Waals surface area contributed by atoms with Gasteiger partial charge in [-0.2, -0.15) is 0 Å². The highest BCUT2D eigenvalue weighted by molar-refractivity contribution is 5.84. The average Bonchev–Trinajstić information content (AvgIpc) is 3.16. The van der Waals surface area contributed by atoms with Crippen LogP contribution < -0.4 is 4.74 Å². The Morgan fingerprint density at radius 2 is 1.82 bits per heavy atom. The molecule has 3 aliphatic carbocycles. The lowest BCUT2D eigenvalue weighted by Gasteiger charge is -2.49. The van der Waals surface area contributed by atoms with E-state index in [1.54, 1.807) is 0 Å². The van der Waals surface area contributed by atoms with Crippen LogP contribution >= 0.6 is 0 Å². The number of allylic oxidation sites excluding steroid dienone is 1. The second-order valence-corrected chi connectivity index (χ2v) is 10.5. The van der Waals surface area contributed by atoms with Crippen molar-refractivity contribution in [2.24, 2.45) is 17.3 Å². The molecule has 0 aliphatic heterocycles. The largest absolute Gasteiger partial charge is 0.492 e. The molecule has 0 unspecified atom stereocenters. The Bertz CT molecular complexity index is 996. The zero-order chi connectivity index (χ0) is 23.0. The lowest BCUT2D eigenvalue weighted by atomic mass is 9.56. The monoisotopic (exact) mass is 445 g/mol. The molecular formula is C30H39NO2. The van der Waals surface area contributed by atoms with Gasteiger partial charge in [-0.15, -0.1) is 0 Å². The lowest BCUT2D eigenvalue weighted by molar-refractivity contribution is -0.00806. The van der Waals surface area contributed by atoms with Crippen molar-refractivity contribution in [3.8, 4) is 5.75 Å². The molecule has 0 spiro atoms. The molecule has 2 aromatic carbocycles. The highest BCUT2D eigenvalue weighted by Crippen LogP contribution is 2.61. The van der Waals surface area contributed by atoms with Crippen LogP contribution in [0.15, 0.2) is 54.6 Å². The maximum absolute atomic E-state index is 10.8. The fourth-order valence-corrected chi connectivity index (χ4v) is 6.93. The minimum absolute atomic E-state index is 0.0600. The van der Waals surface area contributed by atoms with E-state index in [-0.39, 0.29) is 11.5 Å². The van der Waals surface area contributed by atoms with Gasteiger partial charge in [-0.3, -0.25) is 0 Å². The highest BCUT2D eigenvalue weighted by Gasteiger charge is 2.54. The van der Waals surface area contributed by atoms with Gasteiger partial charge in [0.05, 0.1) is 6.10 Å². The Labute approximate surface area is 199 Å². The molecule has 0 aromatic heterocycles. The third-order valence-electron chi connectivity index (χ3n) is 9.01. The van der Waals surface area contributed by atoms with Gasteiger partial charge in [0.15, 0.2) is 0 Å². The summed E-state index contributed by atoms with van der Waals surface area (Å²) in [7, 11) is 0. The van der Waals surface area contributed by atoms with Crippen LogP contribution in [0.2, 0.25) is 0 Å².